The number of carbonyl (C=O) groups is 3. The number of carboxylic acids is 1. The van der Waals surface area contributed by atoms with Gasteiger partial charge in [0, 0.05) is 24.9 Å². The summed E-state index contributed by atoms with van der Waals surface area (Å²) >= 11 is 0. The Balaban J connectivity index is 1.03. The molecule has 2 saturated carbocycles. The number of carboxylic acid groups (broad SMARTS) is 1. The Bertz CT molecular complexity index is 1050. The molecule has 3 atom stereocenters. The molecule has 0 unspecified atom stereocenters. The maximum Gasteiger partial charge on any atom is 0.407 e. The Morgan fingerprint density at radius 3 is 2.30 bits per heavy atom. The van der Waals surface area contributed by atoms with Gasteiger partial charge < -0.3 is 20.5 Å². The van der Waals surface area contributed by atoms with E-state index in [1.54, 1.807) is 0 Å². The molecule has 0 aliphatic heterocycles. The van der Waals surface area contributed by atoms with Gasteiger partial charge in [0.25, 0.3) is 0 Å². The van der Waals surface area contributed by atoms with Gasteiger partial charge in [0.2, 0.25) is 5.91 Å². The average Bonchev–Trinajstić information content (AvgIpc) is 3.24. The van der Waals surface area contributed by atoms with Gasteiger partial charge in [-0.1, -0.05) is 48.5 Å². The zero-order chi connectivity index (χ0) is 23.0. The molecule has 0 heterocycles. The lowest BCUT2D eigenvalue weighted by molar-refractivity contribution is -0.143. The molecule has 2 aromatic rings. The Kier molecular flexibility index (Phi) is 5.56. The molecule has 7 heteroatoms. The summed E-state index contributed by atoms with van der Waals surface area (Å²) in [7, 11) is 0. The molecule has 33 heavy (non-hydrogen) atoms. The minimum atomic E-state index is -0.739. The van der Waals surface area contributed by atoms with Crippen LogP contribution in [-0.4, -0.2) is 42.3 Å². The molecule has 0 bridgehead atoms. The predicted molar refractivity (Wildman–Crippen MR) is 122 cm³/mol. The molecule has 3 aliphatic carbocycles. The van der Waals surface area contributed by atoms with Crippen molar-refractivity contribution in [3.05, 3.63) is 59.7 Å². The quantitative estimate of drug-likeness (QED) is 0.535. The topological polar surface area (TPSA) is 105 Å². The van der Waals surface area contributed by atoms with Gasteiger partial charge >= 0.3 is 12.1 Å². The molecule has 0 aromatic heterocycles. The lowest BCUT2D eigenvalue weighted by Crippen LogP contribution is -2.35. The van der Waals surface area contributed by atoms with Crippen molar-refractivity contribution in [2.45, 2.75) is 44.1 Å². The lowest BCUT2D eigenvalue weighted by Gasteiger charge is -2.16. The molecule has 5 rings (SSSR count). The SMILES string of the molecule is O=C(CCCNC(=O)OCC1c2ccccc2-c2ccccc21)N[C@@H]1C[C@H]2C[C@@]2(C(=O)O)C1. The maximum absolute atomic E-state index is 12.2. The van der Waals surface area contributed by atoms with Crippen LogP contribution in [0.25, 0.3) is 11.1 Å². The van der Waals surface area contributed by atoms with Crippen LogP contribution < -0.4 is 10.6 Å². The van der Waals surface area contributed by atoms with E-state index in [0.29, 0.717) is 19.4 Å². The second-order valence-electron chi connectivity index (χ2n) is 9.42. The molecule has 0 saturated heterocycles. The normalized spacial score (nSPS) is 24.4. The number of hydrogen-bond donors (Lipinski definition) is 3. The van der Waals surface area contributed by atoms with Crippen LogP contribution in [0.15, 0.2) is 48.5 Å². The van der Waals surface area contributed by atoms with Gasteiger partial charge in [-0.15, -0.1) is 0 Å². The number of hydrogen-bond acceptors (Lipinski definition) is 4. The van der Waals surface area contributed by atoms with Gasteiger partial charge in [-0.2, -0.15) is 0 Å². The fourth-order valence-electron chi connectivity index (χ4n) is 5.65. The second-order valence-corrected chi connectivity index (χ2v) is 9.42. The van der Waals surface area contributed by atoms with E-state index in [1.165, 1.54) is 11.1 Å². The predicted octanol–water partition coefficient (Wildman–Crippen LogP) is 3.67. The molecule has 2 aromatic carbocycles. The minimum absolute atomic E-state index is 0.0145. The monoisotopic (exact) mass is 448 g/mol. The van der Waals surface area contributed by atoms with Crippen LogP contribution >= 0.6 is 0 Å². The van der Waals surface area contributed by atoms with Gasteiger partial charge in [-0.25, -0.2) is 4.79 Å². The number of benzene rings is 2. The molecule has 7 nitrogen and oxygen atoms in total. The molecular weight excluding hydrogens is 420 g/mol. The third-order valence-corrected chi connectivity index (χ3v) is 7.40. The van der Waals surface area contributed by atoms with Crippen LogP contribution in [0, 0.1) is 11.3 Å². The van der Waals surface area contributed by atoms with Crippen LogP contribution in [0.2, 0.25) is 0 Å². The van der Waals surface area contributed by atoms with E-state index in [2.05, 4.69) is 34.9 Å². The molecule has 2 amide bonds. The summed E-state index contributed by atoms with van der Waals surface area (Å²) in [6.07, 6.45) is 2.30. The van der Waals surface area contributed by atoms with Crippen molar-refractivity contribution in [3.8, 4) is 11.1 Å². The fraction of sp³-hybridized carbons (Fsp3) is 0.423. The van der Waals surface area contributed by atoms with Gasteiger partial charge in [0.15, 0.2) is 0 Å². The summed E-state index contributed by atoms with van der Waals surface area (Å²) in [4.78, 5) is 35.7. The van der Waals surface area contributed by atoms with Crippen molar-refractivity contribution in [3.63, 3.8) is 0 Å². The zero-order valence-corrected chi connectivity index (χ0v) is 18.4. The highest BCUT2D eigenvalue weighted by Crippen LogP contribution is 2.63. The van der Waals surface area contributed by atoms with Crippen molar-refractivity contribution in [1.29, 1.82) is 0 Å². The van der Waals surface area contributed by atoms with E-state index in [9.17, 15) is 19.5 Å². The molecular formula is C26H28N2O5. The molecule has 3 N–H and O–H groups in total. The number of carbonyl (C=O) groups excluding carboxylic acids is 2. The molecule has 172 valence electrons. The summed E-state index contributed by atoms with van der Waals surface area (Å²) in [5.74, 6) is -0.621. The standard InChI is InChI=1S/C26H28N2O5/c29-23(28-17-12-16-13-26(16,14-17)24(30)31)10-5-11-27-25(32)33-15-22-20-8-3-1-6-18(20)19-7-2-4-9-21(19)22/h1-4,6-9,16-17,22H,5,10-15H2,(H,27,32)(H,28,29)(H,30,31)/t16-,17+,26+/m0/s1. The number of nitrogens with one attached hydrogen (secondary N) is 2. The van der Waals surface area contributed by atoms with E-state index < -0.39 is 17.5 Å². The number of alkyl carbamates (subject to hydrolysis) is 1. The highest BCUT2D eigenvalue weighted by molar-refractivity contribution is 5.81. The molecule has 0 radical (unpaired) electrons. The van der Waals surface area contributed by atoms with E-state index in [0.717, 1.165) is 24.0 Å². The summed E-state index contributed by atoms with van der Waals surface area (Å²) in [5, 5.41) is 15.0. The highest BCUT2D eigenvalue weighted by Gasteiger charge is 2.65. The van der Waals surface area contributed by atoms with E-state index in [4.69, 9.17) is 4.74 Å². The Hall–Kier alpha value is -3.35. The second kappa shape index (κ2) is 8.54. The first kappa shape index (κ1) is 21.5. The summed E-state index contributed by atoms with van der Waals surface area (Å²) in [6.45, 7) is 0.602. The van der Waals surface area contributed by atoms with Crippen molar-refractivity contribution >= 4 is 18.0 Å². The molecule has 2 fully saturated rings. The van der Waals surface area contributed by atoms with Crippen molar-refractivity contribution in [2.24, 2.45) is 11.3 Å². The van der Waals surface area contributed by atoms with Gasteiger partial charge in [-0.3, -0.25) is 9.59 Å². The van der Waals surface area contributed by atoms with E-state index in [-0.39, 0.29) is 36.8 Å². The lowest BCUT2D eigenvalue weighted by atomic mass is 9.98. The van der Waals surface area contributed by atoms with Gasteiger partial charge in [0.1, 0.15) is 6.61 Å². The van der Waals surface area contributed by atoms with Gasteiger partial charge in [-0.05, 0) is 53.9 Å². The van der Waals surface area contributed by atoms with Gasteiger partial charge in [0.05, 0.1) is 5.41 Å². The number of fused-ring (bicyclic) bond motifs is 4. The minimum Gasteiger partial charge on any atom is -0.481 e. The number of aliphatic carboxylic acids is 1. The van der Waals surface area contributed by atoms with E-state index in [1.807, 2.05) is 24.3 Å². The Morgan fingerprint density at radius 1 is 1.00 bits per heavy atom. The maximum atomic E-state index is 12.2. The Labute approximate surface area is 192 Å². The van der Waals surface area contributed by atoms with Crippen LogP contribution in [-0.2, 0) is 14.3 Å². The number of amides is 2. The Morgan fingerprint density at radius 2 is 1.67 bits per heavy atom. The van der Waals surface area contributed by atoms with Crippen molar-refractivity contribution < 1.29 is 24.2 Å². The van der Waals surface area contributed by atoms with Crippen LogP contribution in [0.5, 0.6) is 0 Å². The average molecular weight is 449 g/mol. The first-order chi connectivity index (χ1) is 16.0. The van der Waals surface area contributed by atoms with Crippen molar-refractivity contribution in [2.75, 3.05) is 13.2 Å². The summed E-state index contributed by atoms with van der Waals surface area (Å²) < 4.78 is 5.50. The number of rotatable bonds is 8. The first-order valence-corrected chi connectivity index (χ1v) is 11.6. The highest BCUT2D eigenvalue weighted by atomic mass is 16.5. The smallest absolute Gasteiger partial charge is 0.407 e. The zero-order valence-electron chi connectivity index (χ0n) is 18.4. The number of ether oxygens (including phenoxy) is 1. The molecule has 3 aliphatic rings. The largest absolute Gasteiger partial charge is 0.481 e. The van der Waals surface area contributed by atoms with Crippen LogP contribution in [0.1, 0.15) is 49.1 Å². The summed E-state index contributed by atoms with van der Waals surface area (Å²) in [6, 6.07) is 16.3. The first-order valence-electron chi connectivity index (χ1n) is 11.6. The fourth-order valence-corrected chi connectivity index (χ4v) is 5.65. The third-order valence-electron chi connectivity index (χ3n) is 7.40. The third kappa shape index (κ3) is 4.08. The summed E-state index contributed by atoms with van der Waals surface area (Å²) in [5.41, 5.74) is 4.10. The molecule has 0 spiro atoms. The van der Waals surface area contributed by atoms with Crippen LogP contribution in [0.3, 0.4) is 0 Å². The van der Waals surface area contributed by atoms with Crippen molar-refractivity contribution in [1.82, 2.24) is 10.6 Å². The van der Waals surface area contributed by atoms with E-state index >= 15 is 0 Å². The van der Waals surface area contributed by atoms with Crippen LogP contribution in [0.4, 0.5) is 4.79 Å².